The average molecular weight is 326 g/mol. The van der Waals surface area contributed by atoms with Crippen molar-refractivity contribution in [3.05, 3.63) is 47.5 Å². The largest absolute Gasteiger partial charge is 0.460 e. The summed E-state index contributed by atoms with van der Waals surface area (Å²) in [5.74, 6) is -0.0647. The minimum absolute atomic E-state index is 0.0647. The molecule has 6 heteroatoms. The van der Waals surface area contributed by atoms with Crippen LogP contribution in [0.15, 0.2) is 30.6 Å². The van der Waals surface area contributed by atoms with E-state index in [1.807, 2.05) is 19.9 Å². The number of hydrogen-bond donors (Lipinski definition) is 1. The molecule has 0 bridgehead atoms. The molecular weight excluding hydrogens is 304 g/mol. The summed E-state index contributed by atoms with van der Waals surface area (Å²) in [6.45, 7) is 3.87. The maximum Gasteiger partial charge on any atom is 0.317 e. The molecule has 1 saturated carbocycles. The van der Waals surface area contributed by atoms with Gasteiger partial charge in [-0.15, -0.1) is 0 Å². The lowest BCUT2D eigenvalue weighted by atomic mass is 9.93. The fourth-order valence-electron chi connectivity index (χ4n) is 2.99. The van der Waals surface area contributed by atoms with Gasteiger partial charge in [-0.3, -0.25) is 9.78 Å². The Morgan fingerprint density at radius 1 is 1.17 bits per heavy atom. The lowest BCUT2D eigenvalue weighted by molar-refractivity contribution is 0.0884. The maximum absolute atomic E-state index is 12.2. The molecule has 0 aromatic carbocycles. The molecule has 0 atom stereocenters. The van der Waals surface area contributed by atoms with Crippen LogP contribution in [0.25, 0.3) is 0 Å². The summed E-state index contributed by atoms with van der Waals surface area (Å²) in [4.78, 5) is 24.8. The second-order valence-electron chi connectivity index (χ2n) is 6.24. The van der Waals surface area contributed by atoms with Crippen molar-refractivity contribution < 1.29 is 9.53 Å². The molecule has 2 heterocycles. The van der Waals surface area contributed by atoms with Gasteiger partial charge in [-0.25, -0.2) is 9.97 Å². The molecule has 2 aromatic heterocycles. The fraction of sp³-hybridized carbons (Fsp3) is 0.444. The van der Waals surface area contributed by atoms with Crippen molar-refractivity contribution in [2.75, 3.05) is 0 Å². The first-order chi connectivity index (χ1) is 11.6. The Morgan fingerprint density at radius 3 is 2.50 bits per heavy atom. The quantitative estimate of drug-likeness (QED) is 0.934. The van der Waals surface area contributed by atoms with Crippen molar-refractivity contribution in [1.29, 1.82) is 0 Å². The van der Waals surface area contributed by atoms with Crippen LogP contribution in [0.1, 0.15) is 47.4 Å². The van der Waals surface area contributed by atoms with E-state index < -0.39 is 0 Å². The van der Waals surface area contributed by atoms with E-state index in [4.69, 9.17) is 4.74 Å². The number of ether oxygens (including phenoxy) is 1. The fourth-order valence-corrected chi connectivity index (χ4v) is 2.99. The Balaban J connectivity index is 1.50. The summed E-state index contributed by atoms with van der Waals surface area (Å²) in [5.41, 5.74) is 2.42. The molecule has 1 amide bonds. The highest BCUT2D eigenvalue weighted by Gasteiger charge is 2.24. The van der Waals surface area contributed by atoms with Crippen LogP contribution in [0.2, 0.25) is 0 Å². The number of rotatable bonds is 4. The van der Waals surface area contributed by atoms with Gasteiger partial charge in [0, 0.05) is 29.8 Å². The number of carbonyl (C=O) groups is 1. The van der Waals surface area contributed by atoms with Crippen molar-refractivity contribution in [1.82, 2.24) is 20.3 Å². The average Bonchev–Trinajstić information content (AvgIpc) is 2.56. The van der Waals surface area contributed by atoms with E-state index in [9.17, 15) is 4.79 Å². The lowest BCUT2D eigenvalue weighted by Crippen LogP contribution is -2.39. The van der Waals surface area contributed by atoms with Crippen LogP contribution < -0.4 is 10.1 Å². The first-order valence-corrected chi connectivity index (χ1v) is 8.30. The second kappa shape index (κ2) is 7.38. The third-order valence-corrected chi connectivity index (χ3v) is 4.17. The Bertz CT molecular complexity index is 677. The van der Waals surface area contributed by atoms with E-state index in [-0.39, 0.29) is 18.1 Å². The van der Waals surface area contributed by atoms with Gasteiger partial charge in [0.25, 0.3) is 5.91 Å². The van der Waals surface area contributed by atoms with E-state index in [1.54, 1.807) is 24.5 Å². The van der Waals surface area contributed by atoms with Crippen LogP contribution >= 0.6 is 0 Å². The van der Waals surface area contributed by atoms with Crippen LogP contribution in [-0.4, -0.2) is 33.0 Å². The molecule has 24 heavy (non-hydrogen) atoms. The van der Waals surface area contributed by atoms with Gasteiger partial charge in [-0.1, -0.05) is 0 Å². The van der Waals surface area contributed by atoms with Crippen molar-refractivity contribution in [3.63, 3.8) is 0 Å². The standard InChI is InChI=1S/C18H22N4O2/c1-12-10-13(2)21-18(20-12)24-16-7-5-15(6-8-16)22-17(23)14-4-3-9-19-11-14/h3-4,9-11,15-16H,5-8H2,1-2H3,(H,22,23). The van der Waals surface area contributed by atoms with E-state index in [0.717, 1.165) is 37.1 Å². The Kier molecular flexibility index (Phi) is 5.03. The molecule has 0 unspecified atom stereocenters. The normalized spacial score (nSPS) is 20.4. The van der Waals surface area contributed by atoms with Crippen LogP contribution in [0.4, 0.5) is 0 Å². The number of aryl methyl sites for hydroxylation is 2. The molecule has 1 fully saturated rings. The minimum atomic E-state index is -0.0647. The summed E-state index contributed by atoms with van der Waals surface area (Å²) in [5, 5.41) is 3.07. The second-order valence-corrected chi connectivity index (χ2v) is 6.24. The van der Waals surface area contributed by atoms with Crippen LogP contribution in [-0.2, 0) is 0 Å². The Labute approximate surface area is 141 Å². The highest BCUT2D eigenvalue weighted by Crippen LogP contribution is 2.22. The number of nitrogens with zero attached hydrogens (tertiary/aromatic N) is 3. The number of hydrogen-bond acceptors (Lipinski definition) is 5. The smallest absolute Gasteiger partial charge is 0.317 e. The molecule has 0 radical (unpaired) electrons. The lowest BCUT2D eigenvalue weighted by Gasteiger charge is -2.29. The van der Waals surface area contributed by atoms with Crippen molar-refractivity contribution in [2.24, 2.45) is 0 Å². The summed E-state index contributed by atoms with van der Waals surface area (Å²) in [6, 6.07) is 6.10. The Morgan fingerprint density at radius 2 is 1.88 bits per heavy atom. The van der Waals surface area contributed by atoms with Crippen molar-refractivity contribution in [2.45, 2.75) is 51.7 Å². The molecule has 126 valence electrons. The summed E-state index contributed by atoms with van der Waals surface area (Å²) >= 11 is 0. The molecule has 1 N–H and O–H groups in total. The first kappa shape index (κ1) is 16.4. The van der Waals surface area contributed by atoms with Crippen LogP contribution in [0.5, 0.6) is 6.01 Å². The SMILES string of the molecule is Cc1cc(C)nc(OC2CCC(NC(=O)c3cccnc3)CC2)n1. The highest BCUT2D eigenvalue weighted by atomic mass is 16.5. The topological polar surface area (TPSA) is 77.0 Å². The third-order valence-electron chi connectivity index (χ3n) is 4.17. The third kappa shape index (κ3) is 4.28. The Hall–Kier alpha value is -2.50. The van der Waals surface area contributed by atoms with Gasteiger partial charge in [0.2, 0.25) is 0 Å². The summed E-state index contributed by atoms with van der Waals surface area (Å²) in [6.07, 6.45) is 6.90. The monoisotopic (exact) mass is 326 g/mol. The van der Waals surface area contributed by atoms with Gasteiger partial charge in [0.1, 0.15) is 6.10 Å². The van der Waals surface area contributed by atoms with E-state index in [2.05, 4.69) is 20.3 Å². The predicted octanol–water partition coefficient (Wildman–Crippen LogP) is 2.61. The predicted molar refractivity (Wildman–Crippen MR) is 89.9 cm³/mol. The van der Waals surface area contributed by atoms with Gasteiger partial charge in [0.15, 0.2) is 0 Å². The molecule has 1 aliphatic rings. The number of amides is 1. The molecule has 2 aromatic rings. The van der Waals surface area contributed by atoms with Gasteiger partial charge >= 0.3 is 6.01 Å². The van der Waals surface area contributed by atoms with Gasteiger partial charge in [-0.05, 0) is 57.7 Å². The van der Waals surface area contributed by atoms with Gasteiger partial charge in [0.05, 0.1) is 5.56 Å². The minimum Gasteiger partial charge on any atom is -0.460 e. The zero-order valence-electron chi connectivity index (χ0n) is 14.0. The van der Waals surface area contributed by atoms with Gasteiger partial charge < -0.3 is 10.1 Å². The van der Waals surface area contributed by atoms with E-state index >= 15 is 0 Å². The molecule has 0 aliphatic heterocycles. The van der Waals surface area contributed by atoms with E-state index in [1.165, 1.54) is 0 Å². The number of pyridine rings is 1. The van der Waals surface area contributed by atoms with E-state index in [0.29, 0.717) is 11.6 Å². The molecule has 0 spiro atoms. The van der Waals surface area contributed by atoms with Crippen LogP contribution in [0, 0.1) is 13.8 Å². The zero-order chi connectivity index (χ0) is 16.9. The molecule has 1 aliphatic carbocycles. The zero-order valence-corrected chi connectivity index (χ0v) is 14.0. The number of aromatic nitrogens is 3. The molecular formula is C18H22N4O2. The van der Waals surface area contributed by atoms with Crippen molar-refractivity contribution >= 4 is 5.91 Å². The molecule has 3 rings (SSSR count). The number of carbonyl (C=O) groups excluding carboxylic acids is 1. The summed E-state index contributed by atoms with van der Waals surface area (Å²) in [7, 11) is 0. The first-order valence-electron chi connectivity index (χ1n) is 8.30. The summed E-state index contributed by atoms with van der Waals surface area (Å²) < 4.78 is 5.91. The number of nitrogens with one attached hydrogen (secondary N) is 1. The van der Waals surface area contributed by atoms with Crippen LogP contribution in [0.3, 0.4) is 0 Å². The maximum atomic E-state index is 12.2. The highest BCUT2D eigenvalue weighted by molar-refractivity contribution is 5.93. The molecule has 6 nitrogen and oxygen atoms in total. The van der Waals surface area contributed by atoms with Gasteiger partial charge in [-0.2, -0.15) is 0 Å². The molecule has 0 saturated heterocycles. The van der Waals surface area contributed by atoms with Crippen molar-refractivity contribution in [3.8, 4) is 6.01 Å².